The van der Waals surface area contributed by atoms with Crippen LogP contribution >= 0.6 is 0 Å². The van der Waals surface area contributed by atoms with Gasteiger partial charge in [-0.15, -0.1) is 0 Å². The second kappa shape index (κ2) is 10.5. The van der Waals surface area contributed by atoms with Crippen LogP contribution in [0.15, 0.2) is 65.2 Å². The number of benzene rings is 3. The van der Waals surface area contributed by atoms with Crippen molar-refractivity contribution in [1.82, 2.24) is 10.1 Å². The molecule has 1 amide bonds. The Kier molecular flexibility index (Phi) is 7.06. The van der Waals surface area contributed by atoms with Crippen LogP contribution in [0.3, 0.4) is 0 Å². The summed E-state index contributed by atoms with van der Waals surface area (Å²) in [5.41, 5.74) is 6.47. The number of nitrogens with zero attached hydrogens (tertiary/aromatic N) is 3. The molecule has 4 aromatic rings. The van der Waals surface area contributed by atoms with Crippen LogP contribution in [0.4, 0.5) is 5.69 Å². The molecule has 1 N–H and O–H groups in total. The van der Waals surface area contributed by atoms with Crippen molar-refractivity contribution in [2.75, 3.05) is 5.32 Å². The van der Waals surface area contributed by atoms with Crippen molar-refractivity contribution in [2.24, 2.45) is 0 Å². The topological polar surface area (TPSA) is 126 Å². The van der Waals surface area contributed by atoms with E-state index in [0.717, 1.165) is 46.3 Å². The molecule has 3 aromatic carbocycles. The van der Waals surface area contributed by atoms with Gasteiger partial charge in [0.05, 0.1) is 28.7 Å². The molecule has 5 rings (SSSR count). The van der Waals surface area contributed by atoms with Crippen molar-refractivity contribution in [3.05, 3.63) is 99.9 Å². The third kappa shape index (κ3) is 5.33. The van der Waals surface area contributed by atoms with Gasteiger partial charge in [-0.05, 0) is 97.8 Å². The van der Waals surface area contributed by atoms with Gasteiger partial charge in [-0.1, -0.05) is 29.4 Å². The molecule has 1 unspecified atom stereocenters. The Labute approximate surface area is 228 Å². The smallest absolute Gasteiger partial charge is 0.257 e. The molecule has 1 aliphatic rings. The third-order valence-corrected chi connectivity index (χ3v) is 8.23. The lowest BCUT2D eigenvalue weighted by molar-refractivity contribution is -0.115. The van der Waals surface area contributed by atoms with Crippen molar-refractivity contribution in [3.8, 4) is 17.5 Å². The Bertz CT molecular complexity index is 1630. The van der Waals surface area contributed by atoms with Gasteiger partial charge < -0.3 is 9.84 Å². The molecule has 1 atom stereocenters. The highest BCUT2D eigenvalue weighted by Gasteiger charge is 2.51. The number of nitrogens with one attached hydrogen (secondary N) is 1. The van der Waals surface area contributed by atoms with E-state index in [2.05, 4.69) is 16.5 Å². The number of anilines is 1. The standard InChI is InChI=1S/C30H28N4O4S/c1-18-14-25(32-26(35)16-21-4-8-23(9-5-21)20(3)39(36)37)15-19(2)27(18)30(12-13-30)29-33-28(38-34-29)24-10-6-22(17-31)7-11-24/h4-11,14-15,20,39H,12-13,16H2,1-3H3,(H,32,35). The Morgan fingerprint density at radius 2 is 1.72 bits per heavy atom. The van der Waals surface area contributed by atoms with Crippen molar-refractivity contribution < 1.29 is 17.7 Å². The fraction of sp³-hybridized carbons (Fsp3) is 0.267. The van der Waals surface area contributed by atoms with Crippen molar-refractivity contribution >= 4 is 22.3 Å². The molecular formula is C30H28N4O4S. The predicted molar refractivity (Wildman–Crippen MR) is 148 cm³/mol. The van der Waals surface area contributed by atoms with E-state index in [-0.39, 0.29) is 17.7 Å². The molecule has 1 fully saturated rings. The summed E-state index contributed by atoms with van der Waals surface area (Å²) in [6, 6.07) is 20.2. The van der Waals surface area contributed by atoms with E-state index in [1.54, 1.807) is 55.5 Å². The lowest BCUT2D eigenvalue weighted by Crippen LogP contribution is -2.17. The zero-order valence-corrected chi connectivity index (χ0v) is 22.8. The van der Waals surface area contributed by atoms with E-state index in [0.29, 0.717) is 22.8 Å². The Balaban J connectivity index is 1.31. The lowest BCUT2D eigenvalue weighted by atomic mass is 9.87. The zero-order chi connectivity index (χ0) is 27.7. The average Bonchev–Trinajstić information content (AvgIpc) is 3.54. The minimum absolute atomic E-state index is 0.149. The first kappa shape index (κ1) is 26.3. The number of amides is 1. The summed E-state index contributed by atoms with van der Waals surface area (Å²) in [4.78, 5) is 17.5. The summed E-state index contributed by atoms with van der Waals surface area (Å²) in [5, 5.41) is 15.8. The Morgan fingerprint density at radius 1 is 1.08 bits per heavy atom. The zero-order valence-electron chi connectivity index (χ0n) is 21.9. The van der Waals surface area contributed by atoms with Crippen LogP contribution in [-0.4, -0.2) is 24.5 Å². The van der Waals surface area contributed by atoms with Crippen LogP contribution in [-0.2, 0) is 27.3 Å². The largest absolute Gasteiger partial charge is 0.334 e. The number of rotatable bonds is 8. The first-order valence-corrected chi connectivity index (χ1v) is 13.9. The molecular weight excluding hydrogens is 512 g/mol. The van der Waals surface area contributed by atoms with Crippen LogP contribution in [0.2, 0.25) is 0 Å². The number of thiol groups is 1. The second-order valence-corrected chi connectivity index (χ2v) is 11.5. The van der Waals surface area contributed by atoms with Gasteiger partial charge in [0.2, 0.25) is 5.91 Å². The molecule has 8 nitrogen and oxygen atoms in total. The minimum atomic E-state index is -2.54. The number of carbonyl (C=O) groups is 1. The molecule has 0 bridgehead atoms. The Hall–Kier alpha value is -4.29. The molecule has 0 spiro atoms. The van der Waals surface area contributed by atoms with E-state index < -0.39 is 16.0 Å². The minimum Gasteiger partial charge on any atom is -0.334 e. The van der Waals surface area contributed by atoms with Crippen LogP contribution in [0.25, 0.3) is 11.5 Å². The normalized spacial score (nSPS) is 14.5. The van der Waals surface area contributed by atoms with E-state index in [1.165, 1.54) is 0 Å². The van der Waals surface area contributed by atoms with Gasteiger partial charge in [-0.3, -0.25) is 4.79 Å². The van der Waals surface area contributed by atoms with Crippen LogP contribution in [0, 0.1) is 25.2 Å². The summed E-state index contributed by atoms with van der Waals surface area (Å²) in [6.45, 7) is 5.70. The number of carbonyl (C=O) groups excluding carboxylic acids is 1. The highest BCUT2D eigenvalue weighted by atomic mass is 32.2. The molecule has 1 aliphatic carbocycles. The number of hydrogen-bond acceptors (Lipinski definition) is 7. The fourth-order valence-corrected chi connectivity index (χ4v) is 5.57. The quantitative estimate of drug-likeness (QED) is 0.296. The van der Waals surface area contributed by atoms with Crippen LogP contribution < -0.4 is 5.32 Å². The van der Waals surface area contributed by atoms with Gasteiger partial charge in [-0.2, -0.15) is 10.2 Å². The number of aromatic nitrogens is 2. The molecule has 1 aromatic heterocycles. The van der Waals surface area contributed by atoms with Gasteiger partial charge in [0.1, 0.15) is 10.7 Å². The monoisotopic (exact) mass is 540 g/mol. The van der Waals surface area contributed by atoms with Crippen molar-refractivity contribution in [1.29, 1.82) is 5.26 Å². The molecule has 1 saturated carbocycles. The molecule has 198 valence electrons. The van der Waals surface area contributed by atoms with E-state index in [1.807, 2.05) is 26.0 Å². The summed E-state index contributed by atoms with van der Waals surface area (Å²) in [5.74, 6) is 0.914. The first-order chi connectivity index (χ1) is 18.7. The maximum Gasteiger partial charge on any atom is 0.257 e. The highest BCUT2D eigenvalue weighted by Crippen LogP contribution is 2.54. The number of nitriles is 1. The maximum absolute atomic E-state index is 12.8. The fourth-order valence-electron chi connectivity index (χ4n) is 5.15. The van der Waals surface area contributed by atoms with Crippen LogP contribution in [0.5, 0.6) is 0 Å². The van der Waals surface area contributed by atoms with Gasteiger partial charge in [-0.25, -0.2) is 8.42 Å². The van der Waals surface area contributed by atoms with Crippen LogP contribution in [0.1, 0.15) is 64.2 Å². The molecule has 1 heterocycles. The Morgan fingerprint density at radius 3 is 2.28 bits per heavy atom. The van der Waals surface area contributed by atoms with E-state index >= 15 is 0 Å². The molecule has 9 heteroatoms. The average molecular weight is 541 g/mol. The SMILES string of the molecule is Cc1cc(NC(=O)Cc2ccc(C(C)[SH](=O)=O)cc2)cc(C)c1C1(c2noc(-c3ccc(C#N)cc3)n2)CC1. The van der Waals surface area contributed by atoms with Crippen molar-refractivity contribution in [3.63, 3.8) is 0 Å². The highest BCUT2D eigenvalue weighted by molar-refractivity contribution is 7.72. The maximum atomic E-state index is 12.8. The third-order valence-electron chi connectivity index (χ3n) is 7.30. The predicted octanol–water partition coefficient (Wildman–Crippen LogP) is 5.16. The summed E-state index contributed by atoms with van der Waals surface area (Å²) in [7, 11) is -2.54. The van der Waals surface area contributed by atoms with E-state index in [4.69, 9.17) is 14.8 Å². The van der Waals surface area contributed by atoms with Crippen molar-refractivity contribution in [2.45, 2.75) is 50.7 Å². The van der Waals surface area contributed by atoms with Gasteiger partial charge in [0.25, 0.3) is 5.89 Å². The molecule has 0 saturated heterocycles. The van der Waals surface area contributed by atoms with Gasteiger partial charge in [0.15, 0.2) is 5.82 Å². The molecule has 0 radical (unpaired) electrons. The second-order valence-electron chi connectivity index (χ2n) is 10.1. The van der Waals surface area contributed by atoms with Gasteiger partial charge >= 0.3 is 0 Å². The van der Waals surface area contributed by atoms with Gasteiger partial charge in [0, 0.05) is 11.3 Å². The first-order valence-electron chi connectivity index (χ1n) is 12.7. The summed E-state index contributed by atoms with van der Waals surface area (Å²) in [6.07, 6.45) is 1.99. The summed E-state index contributed by atoms with van der Waals surface area (Å²) < 4.78 is 28.0. The molecule has 0 aliphatic heterocycles. The van der Waals surface area contributed by atoms with E-state index in [9.17, 15) is 13.2 Å². The summed E-state index contributed by atoms with van der Waals surface area (Å²) >= 11 is 0. The lowest BCUT2D eigenvalue weighted by Gasteiger charge is -2.19. The number of hydrogen-bond donors (Lipinski definition) is 2. The molecule has 39 heavy (non-hydrogen) atoms. The number of aryl methyl sites for hydroxylation is 2.